The van der Waals surface area contributed by atoms with Gasteiger partial charge in [0.05, 0.1) is 16.9 Å². The van der Waals surface area contributed by atoms with Gasteiger partial charge in [-0.15, -0.1) is 0 Å². The van der Waals surface area contributed by atoms with Crippen LogP contribution in [0.3, 0.4) is 0 Å². The first-order valence-electron chi connectivity index (χ1n) is 6.20. The molecule has 106 valence electrons. The fraction of sp³-hybridized carbons (Fsp3) is 0.538. The van der Waals surface area contributed by atoms with Crippen LogP contribution < -0.4 is 10.6 Å². The van der Waals surface area contributed by atoms with Crippen molar-refractivity contribution in [2.75, 3.05) is 11.4 Å². The van der Waals surface area contributed by atoms with E-state index in [1.807, 2.05) is 4.90 Å². The zero-order valence-electron chi connectivity index (χ0n) is 11.4. The van der Waals surface area contributed by atoms with Crippen molar-refractivity contribution in [3.05, 3.63) is 22.4 Å². The first-order chi connectivity index (χ1) is 8.82. The van der Waals surface area contributed by atoms with Gasteiger partial charge in [0.25, 0.3) is 0 Å². The predicted molar refractivity (Wildman–Crippen MR) is 79.7 cm³/mol. The molecule has 0 aliphatic rings. The van der Waals surface area contributed by atoms with Crippen LogP contribution in [0, 0.1) is 5.92 Å². The largest absolute Gasteiger partial charge is 0.368 e. The maximum atomic E-state index is 11.4. The number of anilines is 1. The molecule has 0 bridgehead atoms. The monoisotopic (exact) mass is 303 g/mol. The van der Waals surface area contributed by atoms with Gasteiger partial charge >= 0.3 is 0 Å². The van der Waals surface area contributed by atoms with Crippen molar-refractivity contribution in [1.29, 1.82) is 0 Å². The summed E-state index contributed by atoms with van der Waals surface area (Å²) in [6, 6.07) is 1.12. The van der Waals surface area contributed by atoms with Gasteiger partial charge in [-0.3, -0.25) is 4.79 Å². The molecule has 0 fully saturated rings. The van der Waals surface area contributed by atoms with E-state index in [0.29, 0.717) is 28.3 Å². The van der Waals surface area contributed by atoms with Crippen molar-refractivity contribution < 1.29 is 4.79 Å². The van der Waals surface area contributed by atoms with Crippen LogP contribution >= 0.6 is 23.2 Å². The number of rotatable bonds is 6. The van der Waals surface area contributed by atoms with E-state index in [0.717, 1.165) is 6.42 Å². The van der Waals surface area contributed by atoms with Gasteiger partial charge in [-0.1, -0.05) is 37.0 Å². The minimum absolute atomic E-state index is 0.323. The van der Waals surface area contributed by atoms with Crippen molar-refractivity contribution in [1.82, 2.24) is 4.98 Å². The van der Waals surface area contributed by atoms with Crippen LogP contribution in [0.4, 0.5) is 5.69 Å². The highest BCUT2D eigenvalue weighted by atomic mass is 35.5. The Hall–Kier alpha value is -1.00. The van der Waals surface area contributed by atoms with Crippen LogP contribution in [0.25, 0.3) is 0 Å². The topological polar surface area (TPSA) is 59.2 Å². The standard InChI is InChI=1S/C13H19Cl2N3O/c1-8(2)4-5-18(9(3)13(16)19)11-7-17-12(15)6-10(11)14/h6-9H,4-5H2,1-3H3,(H2,16,19)/t9-/m0/s1. The van der Waals surface area contributed by atoms with Crippen molar-refractivity contribution in [3.63, 3.8) is 0 Å². The number of halogens is 2. The molecule has 1 rings (SSSR count). The first-order valence-corrected chi connectivity index (χ1v) is 6.95. The summed E-state index contributed by atoms with van der Waals surface area (Å²) in [4.78, 5) is 17.3. The summed E-state index contributed by atoms with van der Waals surface area (Å²) >= 11 is 12.0. The van der Waals surface area contributed by atoms with Gasteiger partial charge in [-0.05, 0) is 25.3 Å². The van der Waals surface area contributed by atoms with E-state index in [2.05, 4.69) is 18.8 Å². The smallest absolute Gasteiger partial charge is 0.239 e. The third-order valence-corrected chi connectivity index (χ3v) is 3.45. The molecule has 6 heteroatoms. The van der Waals surface area contributed by atoms with E-state index in [1.54, 1.807) is 19.2 Å². The molecule has 0 aliphatic heterocycles. The summed E-state index contributed by atoms with van der Waals surface area (Å²) in [5.74, 6) is 0.122. The van der Waals surface area contributed by atoms with Crippen molar-refractivity contribution in [2.24, 2.45) is 11.7 Å². The maximum Gasteiger partial charge on any atom is 0.239 e. The molecule has 0 saturated carbocycles. The van der Waals surface area contributed by atoms with Crippen LogP contribution in [0.1, 0.15) is 27.2 Å². The third-order valence-electron chi connectivity index (χ3n) is 2.94. The van der Waals surface area contributed by atoms with Crippen LogP contribution in [0.15, 0.2) is 12.3 Å². The third kappa shape index (κ3) is 4.55. The van der Waals surface area contributed by atoms with E-state index in [1.165, 1.54) is 0 Å². The number of primary amides is 1. The minimum atomic E-state index is -0.445. The van der Waals surface area contributed by atoms with Crippen LogP contribution in [-0.2, 0) is 4.79 Å². The van der Waals surface area contributed by atoms with Crippen molar-refractivity contribution in [2.45, 2.75) is 33.2 Å². The highest BCUT2D eigenvalue weighted by Gasteiger charge is 2.22. The van der Waals surface area contributed by atoms with Gasteiger partial charge in [-0.25, -0.2) is 4.98 Å². The second kappa shape index (κ2) is 6.96. The highest BCUT2D eigenvalue weighted by Crippen LogP contribution is 2.29. The molecule has 0 unspecified atom stereocenters. The number of amides is 1. The van der Waals surface area contributed by atoms with Gasteiger partial charge < -0.3 is 10.6 Å². The SMILES string of the molecule is CC(C)CCN(c1cnc(Cl)cc1Cl)[C@@H](C)C(N)=O. The first kappa shape index (κ1) is 16.1. The Morgan fingerprint density at radius 3 is 2.53 bits per heavy atom. The van der Waals surface area contributed by atoms with Gasteiger partial charge in [0, 0.05) is 6.54 Å². The van der Waals surface area contributed by atoms with Gasteiger partial charge in [0.15, 0.2) is 0 Å². The van der Waals surface area contributed by atoms with Gasteiger partial charge in [-0.2, -0.15) is 0 Å². The predicted octanol–water partition coefficient (Wildman–Crippen LogP) is 3.11. The average Bonchev–Trinajstić information content (AvgIpc) is 2.30. The quantitative estimate of drug-likeness (QED) is 0.821. The van der Waals surface area contributed by atoms with E-state index in [9.17, 15) is 4.79 Å². The molecule has 4 nitrogen and oxygen atoms in total. The lowest BCUT2D eigenvalue weighted by molar-refractivity contribution is -0.119. The average molecular weight is 304 g/mol. The zero-order valence-corrected chi connectivity index (χ0v) is 12.9. The minimum Gasteiger partial charge on any atom is -0.368 e. The summed E-state index contributed by atoms with van der Waals surface area (Å²) < 4.78 is 0. The molecule has 1 heterocycles. The number of pyridine rings is 1. The Balaban J connectivity index is 3.04. The number of carbonyl (C=O) groups excluding carboxylic acids is 1. The Bertz CT molecular complexity index is 452. The summed E-state index contributed by atoms with van der Waals surface area (Å²) in [7, 11) is 0. The molecule has 1 amide bonds. The van der Waals surface area contributed by atoms with Gasteiger partial charge in [0.1, 0.15) is 11.2 Å². The Kier molecular flexibility index (Phi) is 5.88. The summed E-state index contributed by atoms with van der Waals surface area (Å²) in [6.45, 7) is 6.68. The number of hydrogen-bond acceptors (Lipinski definition) is 3. The molecule has 1 aromatic rings. The molecule has 0 saturated heterocycles. The lowest BCUT2D eigenvalue weighted by atomic mass is 10.1. The van der Waals surface area contributed by atoms with E-state index < -0.39 is 11.9 Å². The summed E-state index contributed by atoms with van der Waals surface area (Å²) in [5.41, 5.74) is 6.07. The normalized spacial score (nSPS) is 12.5. The van der Waals surface area contributed by atoms with E-state index in [4.69, 9.17) is 28.9 Å². The molecule has 1 aromatic heterocycles. The van der Waals surface area contributed by atoms with Crippen LogP contribution in [0.2, 0.25) is 10.2 Å². The number of nitrogens with zero attached hydrogens (tertiary/aromatic N) is 2. The fourth-order valence-corrected chi connectivity index (χ4v) is 2.16. The molecule has 0 aromatic carbocycles. The second-order valence-electron chi connectivity index (χ2n) is 4.91. The summed E-state index contributed by atoms with van der Waals surface area (Å²) in [6.07, 6.45) is 2.50. The number of hydrogen-bond donors (Lipinski definition) is 1. The Morgan fingerprint density at radius 1 is 1.42 bits per heavy atom. The molecule has 0 radical (unpaired) electrons. The summed E-state index contributed by atoms with van der Waals surface area (Å²) in [5, 5.41) is 0.793. The molecule has 0 spiro atoms. The van der Waals surface area contributed by atoms with Crippen LogP contribution in [0.5, 0.6) is 0 Å². The molecular weight excluding hydrogens is 285 g/mol. The number of carbonyl (C=O) groups is 1. The molecule has 1 atom stereocenters. The van der Waals surface area contributed by atoms with Crippen molar-refractivity contribution in [3.8, 4) is 0 Å². The fourth-order valence-electron chi connectivity index (χ4n) is 1.69. The van der Waals surface area contributed by atoms with Gasteiger partial charge in [0.2, 0.25) is 5.91 Å². The van der Waals surface area contributed by atoms with Crippen LogP contribution in [-0.4, -0.2) is 23.5 Å². The Morgan fingerprint density at radius 2 is 2.05 bits per heavy atom. The maximum absolute atomic E-state index is 11.4. The lowest BCUT2D eigenvalue weighted by Gasteiger charge is -2.30. The molecule has 19 heavy (non-hydrogen) atoms. The zero-order chi connectivity index (χ0) is 14.6. The highest BCUT2D eigenvalue weighted by molar-refractivity contribution is 6.35. The molecule has 0 aliphatic carbocycles. The number of aromatic nitrogens is 1. The molecular formula is C13H19Cl2N3O. The second-order valence-corrected chi connectivity index (χ2v) is 5.71. The number of nitrogens with two attached hydrogens (primary N) is 1. The Labute approximate surface area is 123 Å². The van der Waals surface area contributed by atoms with E-state index >= 15 is 0 Å². The van der Waals surface area contributed by atoms with E-state index in [-0.39, 0.29) is 0 Å². The lowest BCUT2D eigenvalue weighted by Crippen LogP contribution is -2.43. The van der Waals surface area contributed by atoms with Crippen molar-refractivity contribution >= 4 is 34.8 Å². The molecule has 2 N–H and O–H groups in total.